The van der Waals surface area contributed by atoms with Crippen molar-refractivity contribution in [1.82, 2.24) is 14.7 Å². The number of hydrogen-bond donors (Lipinski definition) is 1. The molecule has 0 saturated carbocycles. The number of fused-ring (bicyclic) bond motifs is 3. The van der Waals surface area contributed by atoms with E-state index < -0.39 is 0 Å². The Kier molecular flexibility index (Phi) is 5.04. The van der Waals surface area contributed by atoms with Crippen molar-refractivity contribution in [3.8, 4) is 22.7 Å². The first kappa shape index (κ1) is 21.0. The van der Waals surface area contributed by atoms with E-state index in [1.54, 1.807) is 12.0 Å². The summed E-state index contributed by atoms with van der Waals surface area (Å²) in [6.45, 7) is 8.13. The summed E-state index contributed by atoms with van der Waals surface area (Å²) in [7, 11) is 3.46. The van der Waals surface area contributed by atoms with Crippen LogP contribution in [0.15, 0.2) is 36.4 Å². The number of aryl methyl sites for hydroxylation is 2. The van der Waals surface area contributed by atoms with Crippen LogP contribution in [0.1, 0.15) is 48.0 Å². The molecule has 0 unspecified atom stereocenters. The molecule has 3 aromatic rings. The maximum Gasteiger partial charge on any atom is 0.274 e. The van der Waals surface area contributed by atoms with Crippen molar-refractivity contribution in [3.05, 3.63) is 58.8 Å². The molecule has 162 valence electrons. The van der Waals surface area contributed by atoms with E-state index in [-0.39, 0.29) is 11.4 Å². The molecule has 0 atom stereocenters. The average Bonchev–Trinajstić information content (AvgIpc) is 3.11. The molecular formula is C25H30N4O2. The van der Waals surface area contributed by atoms with Gasteiger partial charge in [0.05, 0.1) is 24.2 Å². The van der Waals surface area contributed by atoms with Gasteiger partial charge in [0.2, 0.25) is 0 Å². The molecular weight excluding hydrogens is 388 g/mol. The number of methoxy groups -OCH3 is 1. The lowest BCUT2D eigenvalue weighted by molar-refractivity contribution is 0.0648. The SMILES string of the molecule is COc1cc2c(cc1N)-c1c(c(C(=O)N(C)C(C)(C)C)nn1-c1cccc(C)c1)CC2. The van der Waals surface area contributed by atoms with E-state index in [0.717, 1.165) is 46.5 Å². The fourth-order valence-corrected chi connectivity index (χ4v) is 4.05. The predicted octanol–water partition coefficient (Wildman–Crippen LogP) is 4.41. The molecule has 1 aliphatic rings. The Balaban J connectivity index is 1.98. The Morgan fingerprint density at radius 3 is 2.58 bits per heavy atom. The molecule has 0 fully saturated rings. The van der Waals surface area contributed by atoms with Crippen molar-refractivity contribution in [3.63, 3.8) is 0 Å². The summed E-state index contributed by atoms with van der Waals surface area (Å²) in [5, 5.41) is 4.86. The number of nitrogen functional groups attached to an aromatic ring is 1. The Morgan fingerprint density at radius 2 is 1.94 bits per heavy atom. The molecule has 4 rings (SSSR count). The van der Waals surface area contributed by atoms with Gasteiger partial charge in [-0.25, -0.2) is 4.68 Å². The van der Waals surface area contributed by atoms with Gasteiger partial charge >= 0.3 is 0 Å². The number of carbonyl (C=O) groups is 1. The van der Waals surface area contributed by atoms with E-state index in [9.17, 15) is 4.79 Å². The van der Waals surface area contributed by atoms with Gasteiger partial charge in [0.15, 0.2) is 5.69 Å². The second kappa shape index (κ2) is 7.45. The topological polar surface area (TPSA) is 73.4 Å². The molecule has 1 aliphatic carbocycles. The fourth-order valence-electron chi connectivity index (χ4n) is 4.05. The summed E-state index contributed by atoms with van der Waals surface area (Å²) >= 11 is 0. The van der Waals surface area contributed by atoms with Crippen LogP contribution in [0, 0.1) is 6.92 Å². The monoisotopic (exact) mass is 418 g/mol. The van der Waals surface area contributed by atoms with Crippen molar-refractivity contribution in [1.29, 1.82) is 0 Å². The van der Waals surface area contributed by atoms with Gasteiger partial charge in [-0.2, -0.15) is 5.10 Å². The van der Waals surface area contributed by atoms with Gasteiger partial charge in [-0.15, -0.1) is 0 Å². The standard InChI is InChI=1S/C25H30N4O2/c1-15-8-7-9-17(12-15)29-23-18(22(27-29)24(30)28(5)25(2,3)4)11-10-16-13-21(31-6)20(26)14-19(16)23/h7-9,12-14H,10-11,26H2,1-6H3. The van der Waals surface area contributed by atoms with Crippen LogP contribution in [0.25, 0.3) is 16.9 Å². The van der Waals surface area contributed by atoms with Crippen LogP contribution in [0.5, 0.6) is 5.75 Å². The minimum Gasteiger partial charge on any atom is -0.495 e. The molecule has 6 heteroatoms. The normalized spacial score (nSPS) is 12.8. The van der Waals surface area contributed by atoms with Crippen LogP contribution in [0.2, 0.25) is 0 Å². The van der Waals surface area contributed by atoms with Crippen LogP contribution >= 0.6 is 0 Å². The summed E-state index contributed by atoms with van der Waals surface area (Å²) in [5.74, 6) is 0.604. The number of carbonyl (C=O) groups excluding carboxylic acids is 1. The van der Waals surface area contributed by atoms with E-state index >= 15 is 0 Å². The van der Waals surface area contributed by atoms with Gasteiger partial charge in [0.25, 0.3) is 5.91 Å². The first-order valence-electron chi connectivity index (χ1n) is 10.6. The van der Waals surface area contributed by atoms with Gasteiger partial charge in [0, 0.05) is 23.7 Å². The van der Waals surface area contributed by atoms with E-state index in [1.807, 2.05) is 56.8 Å². The van der Waals surface area contributed by atoms with Crippen LogP contribution < -0.4 is 10.5 Å². The molecule has 0 bridgehead atoms. The average molecular weight is 419 g/mol. The van der Waals surface area contributed by atoms with E-state index in [4.69, 9.17) is 15.6 Å². The third-order valence-corrected chi connectivity index (χ3v) is 6.10. The summed E-state index contributed by atoms with van der Waals surface area (Å²) in [5.41, 5.74) is 13.2. The molecule has 1 heterocycles. The molecule has 6 nitrogen and oxygen atoms in total. The molecule has 2 N–H and O–H groups in total. The highest BCUT2D eigenvalue weighted by Gasteiger charge is 2.33. The summed E-state index contributed by atoms with van der Waals surface area (Å²) in [6, 6.07) is 12.1. The van der Waals surface area contributed by atoms with Crippen molar-refractivity contribution < 1.29 is 9.53 Å². The third kappa shape index (κ3) is 3.56. The lowest BCUT2D eigenvalue weighted by Crippen LogP contribution is -2.43. The quantitative estimate of drug-likeness (QED) is 0.640. The molecule has 0 spiro atoms. The minimum absolute atomic E-state index is 0.0694. The highest BCUT2D eigenvalue weighted by Crippen LogP contribution is 2.41. The van der Waals surface area contributed by atoms with Gasteiger partial charge in [-0.3, -0.25) is 4.79 Å². The smallest absolute Gasteiger partial charge is 0.274 e. The van der Waals surface area contributed by atoms with Crippen molar-refractivity contribution in [2.24, 2.45) is 0 Å². The number of amides is 1. The fraction of sp³-hybridized carbons (Fsp3) is 0.360. The number of nitrogens with two attached hydrogens (primary N) is 1. The molecule has 0 saturated heterocycles. The highest BCUT2D eigenvalue weighted by atomic mass is 16.5. The Hall–Kier alpha value is -3.28. The number of aromatic nitrogens is 2. The predicted molar refractivity (Wildman–Crippen MR) is 124 cm³/mol. The van der Waals surface area contributed by atoms with Crippen molar-refractivity contribution in [2.45, 2.75) is 46.1 Å². The van der Waals surface area contributed by atoms with Crippen molar-refractivity contribution in [2.75, 3.05) is 19.9 Å². The number of benzene rings is 2. The number of anilines is 1. The number of rotatable bonds is 3. The second-order valence-electron chi connectivity index (χ2n) is 9.21. The Morgan fingerprint density at radius 1 is 1.19 bits per heavy atom. The largest absolute Gasteiger partial charge is 0.495 e. The number of nitrogens with zero attached hydrogens (tertiary/aromatic N) is 3. The number of hydrogen-bond acceptors (Lipinski definition) is 4. The van der Waals surface area contributed by atoms with Crippen molar-refractivity contribution >= 4 is 11.6 Å². The van der Waals surface area contributed by atoms with Crippen LogP contribution in [-0.2, 0) is 12.8 Å². The zero-order chi connectivity index (χ0) is 22.5. The van der Waals surface area contributed by atoms with Crippen LogP contribution in [0.4, 0.5) is 5.69 Å². The molecule has 31 heavy (non-hydrogen) atoms. The zero-order valence-corrected chi connectivity index (χ0v) is 19.1. The Labute approximate surface area is 183 Å². The summed E-state index contributed by atoms with van der Waals surface area (Å²) in [6.07, 6.45) is 1.54. The molecule has 1 aromatic heterocycles. The maximum atomic E-state index is 13.5. The van der Waals surface area contributed by atoms with Crippen LogP contribution in [-0.4, -0.2) is 40.3 Å². The van der Waals surface area contributed by atoms with Gasteiger partial charge in [-0.1, -0.05) is 12.1 Å². The lowest BCUT2D eigenvalue weighted by Gasteiger charge is -2.31. The summed E-state index contributed by atoms with van der Waals surface area (Å²) < 4.78 is 7.33. The minimum atomic E-state index is -0.304. The maximum absolute atomic E-state index is 13.5. The molecule has 0 radical (unpaired) electrons. The second-order valence-corrected chi connectivity index (χ2v) is 9.21. The van der Waals surface area contributed by atoms with E-state index in [1.165, 1.54) is 0 Å². The zero-order valence-electron chi connectivity index (χ0n) is 19.1. The van der Waals surface area contributed by atoms with Gasteiger partial charge in [-0.05, 0) is 75.9 Å². The Bertz CT molecular complexity index is 1170. The lowest BCUT2D eigenvalue weighted by atomic mass is 9.87. The summed E-state index contributed by atoms with van der Waals surface area (Å²) in [4.78, 5) is 15.2. The van der Waals surface area contributed by atoms with E-state index in [0.29, 0.717) is 17.1 Å². The van der Waals surface area contributed by atoms with E-state index in [2.05, 4.69) is 19.1 Å². The molecule has 0 aliphatic heterocycles. The van der Waals surface area contributed by atoms with Gasteiger partial charge in [0.1, 0.15) is 5.75 Å². The highest BCUT2D eigenvalue weighted by molar-refractivity contribution is 5.97. The van der Waals surface area contributed by atoms with Gasteiger partial charge < -0.3 is 15.4 Å². The molecule has 1 amide bonds. The first-order valence-corrected chi connectivity index (χ1v) is 10.6. The molecule has 2 aromatic carbocycles. The number of ether oxygens (including phenoxy) is 1. The van der Waals surface area contributed by atoms with Crippen LogP contribution in [0.3, 0.4) is 0 Å². The first-order chi connectivity index (χ1) is 14.6. The third-order valence-electron chi connectivity index (χ3n) is 6.10.